The summed E-state index contributed by atoms with van der Waals surface area (Å²) in [5.41, 5.74) is 7.11. The molecule has 0 aromatic carbocycles. The molecule has 0 aromatic heterocycles. The molecule has 0 aromatic rings. The van der Waals surface area contributed by atoms with Crippen LogP contribution in [0.15, 0.2) is 0 Å². The lowest BCUT2D eigenvalue weighted by molar-refractivity contribution is -0.116. The Morgan fingerprint density at radius 1 is 1.05 bits per heavy atom. The fraction of sp³-hybridized carbons (Fsp3) is 1.00. The van der Waals surface area contributed by atoms with E-state index in [1.807, 2.05) is 0 Å². The average molecular weight is 280 g/mol. The minimum absolute atomic E-state index is 0.274. The molecule has 0 bridgehead atoms. The molecule has 20 heavy (non-hydrogen) atoms. The van der Waals surface area contributed by atoms with Crippen molar-refractivity contribution in [2.75, 3.05) is 26.2 Å². The normalized spacial score (nSPS) is 37.8. The summed E-state index contributed by atoms with van der Waals surface area (Å²) in [7, 11) is 0. The van der Waals surface area contributed by atoms with E-state index in [1.54, 1.807) is 0 Å². The van der Waals surface area contributed by atoms with Gasteiger partial charge < -0.3 is 10.5 Å². The van der Waals surface area contributed by atoms with E-state index < -0.39 is 0 Å². The molecular weight excluding hydrogens is 248 g/mol. The van der Waals surface area contributed by atoms with Gasteiger partial charge in [-0.3, -0.25) is 4.90 Å². The summed E-state index contributed by atoms with van der Waals surface area (Å²) in [6.45, 7) is 6.29. The first kappa shape index (κ1) is 14.8. The Kier molecular flexibility index (Phi) is 4.40. The van der Waals surface area contributed by atoms with Crippen LogP contribution in [0.5, 0.6) is 0 Å². The Morgan fingerprint density at radius 2 is 1.70 bits per heavy atom. The summed E-state index contributed by atoms with van der Waals surface area (Å²) in [5, 5.41) is 0. The molecule has 1 heterocycles. The molecule has 3 fully saturated rings. The van der Waals surface area contributed by atoms with E-state index in [4.69, 9.17) is 10.5 Å². The van der Waals surface area contributed by atoms with E-state index in [1.165, 1.54) is 58.0 Å². The van der Waals surface area contributed by atoms with Crippen LogP contribution in [0.4, 0.5) is 0 Å². The van der Waals surface area contributed by atoms with Gasteiger partial charge in [0.15, 0.2) is 0 Å². The topological polar surface area (TPSA) is 38.5 Å². The molecule has 3 heteroatoms. The molecule has 116 valence electrons. The maximum absolute atomic E-state index is 6.13. The Hall–Kier alpha value is -0.120. The van der Waals surface area contributed by atoms with Crippen LogP contribution in [0, 0.1) is 5.41 Å². The Balaban J connectivity index is 1.54. The quantitative estimate of drug-likeness (QED) is 0.860. The molecule has 2 saturated carbocycles. The van der Waals surface area contributed by atoms with E-state index in [-0.39, 0.29) is 5.54 Å². The van der Waals surface area contributed by atoms with Crippen LogP contribution in [0.2, 0.25) is 0 Å². The number of nitrogens with two attached hydrogens (primary N) is 1. The van der Waals surface area contributed by atoms with Gasteiger partial charge in [-0.25, -0.2) is 0 Å². The van der Waals surface area contributed by atoms with Crippen LogP contribution in [0.1, 0.15) is 64.7 Å². The molecule has 3 nitrogen and oxygen atoms in total. The first-order chi connectivity index (χ1) is 9.72. The first-order valence-electron chi connectivity index (χ1n) is 8.79. The third kappa shape index (κ3) is 2.65. The first-order valence-corrected chi connectivity index (χ1v) is 8.79. The van der Waals surface area contributed by atoms with Crippen molar-refractivity contribution in [1.82, 2.24) is 4.90 Å². The number of nitrogens with zero attached hydrogens (tertiary/aromatic N) is 1. The van der Waals surface area contributed by atoms with Crippen molar-refractivity contribution in [3.05, 3.63) is 0 Å². The van der Waals surface area contributed by atoms with Gasteiger partial charge in [0, 0.05) is 18.7 Å². The number of ether oxygens (including phenoxy) is 1. The zero-order chi connectivity index (χ0) is 14.1. The van der Waals surface area contributed by atoms with Crippen LogP contribution >= 0.6 is 0 Å². The van der Waals surface area contributed by atoms with Crippen LogP contribution in [0.25, 0.3) is 0 Å². The lowest BCUT2D eigenvalue weighted by Gasteiger charge is -2.57. The van der Waals surface area contributed by atoms with E-state index in [9.17, 15) is 0 Å². The number of likely N-dealkylation sites (tertiary alicyclic amines) is 1. The number of rotatable bonds is 4. The molecule has 0 unspecified atom stereocenters. The van der Waals surface area contributed by atoms with Crippen LogP contribution in [-0.4, -0.2) is 42.8 Å². The van der Waals surface area contributed by atoms with Gasteiger partial charge >= 0.3 is 0 Å². The largest absolute Gasteiger partial charge is 0.378 e. The van der Waals surface area contributed by atoms with Gasteiger partial charge in [0.05, 0.1) is 6.10 Å². The SMILES string of the molecule is CCOC1CC(CN)(N2CCC3(CCCCC3)CC2)C1. The molecule has 3 aliphatic rings. The minimum atomic E-state index is 0.274. The molecule has 2 N–H and O–H groups in total. The summed E-state index contributed by atoms with van der Waals surface area (Å²) in [5.74, 6) is 0. The zero-order valence-electron chi connectivity index (χ0n) is 13.2. The molecule has 3 rings (SSSR count). The van der Waals surface area contributed by atoms with Crippen molar-refractivity contribution < 1.29 is 4.74 Å². The van der Waals surface area contributed by atoms with Crippen molar-refractivity contribution in [2.24, 2.45) is 11.1 Å². The fourth-order valence-corrected chi connectivity index (χ4v) is 4.95. The molecule has 0 atom stereocenters. The Morgan fingerprint density at radius 3 is 2.25 bits per heavy atom. The van der Waals surface area contributed by atoms with Crippen molar-refractivity contribution in [3.63, 3.8) is 0 Å². The molecule has 2 aliphatic carbocycles. The van der Waals surface area contributed by atoms with E-state index >= 15 is 0 Å². The maximum Gasteiger partial charge on any atom is 0.0611 e. The zero-order valence-corrected chi connectivity index (χ0v) is 13.2. The van der Waals surface area contributed by atoms with Gasteiger partial charge in [0.2, 0.25) is 0 Å². The van der Waals surface area contributed by atoms with Gasteiger partial charge in [-0.1, -0.05) is 19.3 Å². The number of hydrogen-bond acceptors (Lipinski definition) is 3. The summed E-state index contributed by atoms with van der Waals surface area (Å²) in [6.07, 6.45) is 13.0. The Labute approximate surface area is 124 Å². The second-order valence-corrected chi connectivity index (χ2v) is 7.46. The highest BCUT2D eigenvalue weighted by atomic mass is 16.5. The van der Waals surface area contributed by atoms with Crippen LogP contribution < -0.4 is 5.73 Å². The lowest BCUT2D eigenvalue weighted by atomic mass is 9.65. The predicted octanol–water partition coefficient (Wildman–Crippen LogP) is 2.93. The molecule has 0 radical (unpaired) electrons. The van der Waals surface area contributed by atoms with E-state index in [0.717, 1.165) is 26.0 Å². The van der Waals surface area contributed by atoms with Crippen molar-refractivity contribution in [2.45, 2.75) is 76.4 Å². The highest BCUT2D eigenvalue weighted by molar-refractivity contribution is 5.06. The fourth-order valence-electron chi connectivity index (χ4n) is 4.95. The second kappa shape index (κ2) is 5.94. The van der Waals surface area contributed by atoms with Gasteiger partial charge in [-0.05, 0) is 64.0 Å². The molecular formula is C17H32N2O. The third-order valence-electron chi connectivity index (χ3n) is 6.41. The van der Waals surface area contributed by atoms with E-state index in [0.29, 0.717) is 11.5 Å². The monoisotopic (exact) mass is 280 g/mol. The van der Waals surface area contributed by atoms with Crippen molar-refractivity contribution >= 4 is 0 Å². The van der Waals surface area contributed by atoms with Gasteiger partial charge in [0.1, 0.15) is 0 Å². The standard InChI is InChI=1S/C17H32N2O/c1-2-20-15-12-17(13-15,14-18)19-10-8-16(9-11-19)6-4-3-5-7-16/h15H,2-14,18H2,1H3. The highest BCUT2D eigenvalue weighted by Gasteiger charge is 2.50. The van der Waals surface area contributed by atoms with Gasteiger partial charge in [0.25, 0.3) is 0 Å². The lowest BCUT2D eigenvalue weighted by Crippen LogP contribution is -2.66. The van der Waals surface area contributed by atoms with Crippen molar-refractivity contribution in [3.8, 4) is 0 Å². The summed E-state index contributed by atoms with van der Waals surface area (Å²) in [4.78, 5) is 2.71. The van der Waals surface area contributed by atoms with Gasteiger partial charge in [-0.2, -0.15) is 0 Å². The smallest absolute Gasteiger partial charge is 0.0611 e. The van der Waals surface area contributed by atoms with E-state index in [2.05, 4.69) is 11.8 Å². The van der Waals surface area contributed by atoms with Gasteiger partial charge in [-0.15, -0.1) is 0 Å². The van der Waals surface area contributed by atoms with Crippen LogP contribution in [0.3, 0.4) is 0 Å². The molecule has 0 amide bonds. The molecule has 1 saturated heterocycles. The summed E-state index contributed by atoms with van der Waals surface area (Å²) in [6, 6.07) is 0. The van der Waals surface area contributed by atoms with Crippen LogP contribution in [-0.2, 0) is 4.74 Å². The summed E-state index contributed by atoms with van der Waals surface area (Å²) < 4.78 is 5.75. The Bertz CT molecular complexity index is 309. The molecule has 1 spiro atoms. The highest BCUT2D eigenvalue weighted by Crippen LogP contribution is 2.48. The average Bonchev–Trinajstić information content (AvgIpc) is 2.45. The number of piperidine rings is 1. The predicted molar refractivity (Wildman–Crippen MR) is 82.8 cm³/mol. The molecule has 1 aliphatic heterocycles. The maximum atomic E-state index is 6.13. The second-order valence-electron chi connectivity index (χ2n) is 7.46. The number of hydrogen-bond donors (Lipinski definition) is 1. The minimum Gasteiger partial charge on any atom is -0.378 e. The van der Waals surface area contributed by atoms with Crippen molar-refractivity contribution in [1.29, 1.82) is 0 Å². The third-order valence-corrected chi connectivity index (χ3v) is 6.41. The summed E-state index contributed by atoms with van der Waals surface area (Å²) >= 11 is 0.